The van der Waals surface area contributed by atoms with Crippen molar-refractivity contribution in [2.75, 3.05) is 11.1 Å². The van der Waals surface area contributed by atoms with E-state index in [1.807, 2.05) is 0 Å². The summed E-state index contributed by atoms with van der Waals surface area (Å²) in [5.74, 6) is 0.399. The lowest BCUT2D eigenvalue weighted by atomic mass is 10.4. The van der Waals surface area contributed by atoms with E-state index in [0.29, 0.717) is 11.0 Å². The van der Waals surface area contributed by atoms with Gasteiger partial charge in [0, 0.05) is 11.5 Å². The predicted molar refractivity (Wildman–Crippen MR) is 59.0 cm³/mol. The first-order valence-electron chi connectivity index (χ1n) is 4.34. The monoisotopic (exact) mass is 236 g/mol. The van der Waals surface area contributed by atoms with E-state index in [1.54, 1.807) is 6.92 Å². The van der Waals surface area contributed by atoms with E-state index in [2.05, 4.69) is 24.6 Å². The number of nitrogens with one attached hydrogen (secondary N) is 1. The van der Waals surface area contributed by atoms with Crippen LogP contribution >= 0.6 is 11.5 Å². The molecule has 8 heteroatoms. The molecule has 0 radical (unpaired) electrons. The molecule has 7 nitrogen and oxygen atoms in total. The normalized spacial score (nSPS) is 10.1. The van der Waals surface area contributed by atoms with Crippen molar-refractivity contribution < 1.29 is 4.79 Å². The van der Waals surface area contributed by atoms with Gasteiger partial charge in [0.2, 0.25) is 5.13 Å². The van der Waals surface area contributed by atoms with E-state index in [1.165, 1.54) is 12.4 Å². The number of nitrogen functional groups attached to an aromatic ring is 1. The summed E-state index contributed by atoms with van der Waals surface area (Å²) in [5, 5.41) is 2.98. The van der Waals surface area contributed by atoms with E-state index in [4.69, 9.17) is 5.73 Å². The van der Waals surface area contributed by atoms with E-state index < -0.39 is 5.91 Å². The third-order valence-electron chi connectivity index (χ3n) is 1.63. The standard InChI is InChI=1S/C8H8N6OS/c1-4-11-8(16-14-4)13-7(15)5-2-10-3-6(9)12-5/h2-3H,1H3,(H2,9,12)(H,11,13,14,15). The molecule has 3 N–H and O–H groups in total. The summed E-state index contributed by atoms with van der Waals surface area (Å²) < 4.78 is 3.94. The molecular formula is C8H8N6OS. The number of amides is 1. The van der Waals surface area contributed by atoms with Crippen LogP contribution in [0.25, 0.3) is 0 Å². The fraction of sp³-hybridized carbons (Fsp3) is 0.125. The van der Waals surface area contributed by atoms with Crippen molar-refractivity contribution in [3.8, 4) is 0 Å². The number of nitrogens with two attached hydrogens (primary N) is 1. The number of nitrogens with zero attached hydrogens (tertiary/aromatic N) is 4. The number of aryl methyl sites for hydroxylation is 1. The summed E-state index contributed by atoms with van der Waals surface area (Å²) >= 11 is 1.10. The van der Waals surface area contributed by atoms with Crippen LogP contribution in [0, 0.1) is 6.92 Å². The summed E-state index contributed by atoms with van der Waals surface area (Å²) in [7, 11) is 0. The van der Waals surface area contributed by atoms with Crippen LogP contribution in [0.2, 0.25) is 0 Å². The van der Waals surface area contributed by atoms with Gasteiger partial charge >= 0.3 is 0 Å². The SMILES string of the molecule is Cc1nsc(NC(=O)c2cncc(N)n2)n1. The molecule has 0 aliphatic rings. The summed E-state index contributed by atoms with van der Waals surface area (Å²) in [6.07, 6.45) is 2.70. The van der Waals surface area contributed by atoms with Gasteiger partial charge in [-0.2, -0.15) is 4.37 Å². The highest BCUT2D eigenvalue weighted by molar-refractivity contribution is 7.09. The zero-order valence-electron chi connectivity index (χ0n) is 8.34. The Morgan fingerprint density at radius 3 is 2.88 bits per heavy atom. The molecular weight excluding hydrogens is 228 g/mol. The number of hydrogen-bond donors (Lipinski definition) is 2. The molecule has 2 rings (SSSR count). The molecule has 0 aliphatic heterocycles. The third-order valence-corrected chi connectivity index (χ3v) is 2.36. The quantitative estimate of drug-likeness (QED) is 0.785. The van der Waals surface area contributed by atoms with Crippen LogP contribution in [0.1, 0.15) is 16.3 Å². The second kappa shape index (κ2) is 4.19. The minimum atomic E-state index is -0.407. The maximum atomic E-state index is 11.6. The first-order valence-corrected chi connectivity index (χ1v) is 5.11. The Morgan fingerprint density at radius 2 is 2.25 bits per heavy atom. The molecule has 2 aromatic heterocycles. The number of rotatable bonds is 2. The average Bonchev–Trinajstić information content (AvgIpc) is 2.64. The fourth-order valence-corrected chi connectivity index (χ4v) is 1.57. The predicted octanol–water partition coefficient (Wildman–Crippen LogP) is 0.471. The number of carbonyl (C=O) groups excluding carboxylic acids is 1. The van der Waals surface area contributed by atoms with Crippen molar-refractivity contribution in [1.29, 1.82) is 0 Å². The van der Waals surface area contributed by atoms with Gasteiger partial charge in [-0.3, -0.25) is 15.1 Å². The summed E-state index contributed by atoms with van der Waals surface area (Å²) in [4.78, 5) is 23.2. The molecule has 1 amide bonds. The minimum Gasteiger partial charge on any atom is -0.382 e. The van der Waals surface area contributed by atoms with Crippen LogP contribution in [-0.4, -0.2) is 25.2 Å². The number of aromatic nitrogens is 4. The average molecular weight is 236 g/mol. The molecule has 16 heavy (non-hydrogen) atoms. The largest absolute Gasteiger partial charge is 0.382 e. The second-order valence-electron chi connectivity index (χ2n) is 2.93. The molecule has 0 fully saturated rings. The van der Waals surface area contributed by atoms with Crippen molar-refractivity contribution in [3.05, 3.63) is 23.9 Å². The summed E-state index contributed by atoms with van der Waals surface area (Å²) in [6.45, 7) is 1.74. The van der Waals surface area contributed by atoms with Gasteiger partial charge in [-0.05, 0) is 6.92 Å². The van der Waals surface area contributed by atoms with Crippen LogP contribution in [0.15, 0.2) is 12.4 Å². The Labute approximate surface area is 94.9 Å². The van der Waals surface area contributed by atoms with E-state index in [0.717, 1.165) is 11.5 Å². The summed E-state index contributed by atoms with van der Waals surface area (Å²) in [5.41, 5.74) is 5.56. The molecule has 0 atom stereocenters. The second-order valence-corrected chi connectivity index (χ2v) is 3.68. The van der Waals surface area contributed by atoms with Crippen molar-refractivity contribution in [1.82, 2.24) is 19.3 Å². The van der Waals surface area contributed by atoms with E-state index in [9.17, 15) is 4.79 Å². The molecule has 0 spiro atoms. The van der Waals surface area contributed by atoms with Gasteiger partial charge in [0.1, 0.15) is 17.3 Å². The fourth-order valence-electron chi connectivity index (χ4n) is 0.999. The van der Waals surface area contributed by atoms with Crippen molar-refractivity contribution in [3.63, 3.8) is 0 Å². The third kappa shape index (κ3) is 2.28. The van der Waals surface area contributed by atoms with Gasteiger partial charge in [0.05, 0.1) is 12.4 Å². The van der Waals surface area contributed by atoms with Crippen LogP contribution in [0.4, 0.5) is 10.9 Å². The van der Waals surface area contributed by atoms with Crippen molar-refractivity contribution in [2.24, 2.45) is 0 Å². The Kier molecular flexibility index (Phi) is 2.73. The molecule has 2 aromatic rings. The Morgan fingerprint density at radius 1 is 1.44 bits per heavy atom. The maximum Gasteiger partial charge on any atom is 0.277 e. The molecule has 0 saturated carbocycles. The molecule has 0 unspecified atom stereocenters. The molecule has 2 heterocycles. The van der Waals surface area contributed by atoms with Gasteiger partial charge in [-0.25, -0.2) is 9.97 Å². The maximum absolute atomic E-state index is 11.6. The number of carbonyl (C=O) groups is 1. The Bertz CT molecular complexity index is 525. The molecule has 0 saturated heterocycles. The Hall–Kier alpha value is -2.09. The molecule has 82 valence electrons. The van der Waals surface area contributed by atoms with Gasteiger partial charge in [0.15, 0.2) is 0 Å². The van der Waals surface area contributed by atoms with Gasteiger partial charge in [0.25, 0.3) is 5.91 Å². The van der Waals surface area contributed by atoms with Crippen LogP contribution in [0.5, 0.6) is 0 Å². The first kappa shape index (κ1) is 10.4. The van der Waals surface area contributed by atoms with Gasteiger partial charge in [-0.1, -0.05) is 0 Å². The zero-order valence-corrected chi connectivity index (χ0v) is 9.15. The first-order chi connectivity index (χ1) is 7.65. The van der Waals surface area contributed by atoms with Crippen molar-refractivity contribution in [2.45, 2.75) is 6.92 Å². The molecule has 0 aromatic carbocycles. The molecule has 0 aliphatic carbocycles. The lowest BCUT2D eigenvalue weighted by molar-refractivity contribution is 0.102. The van der Waals surface area contributed by atoms with Gasteiger partial charge in [-0.15, -0.1) is 0 Å². The Balaban J connectivity index is 2.14. The number of hydrogen-bond acceptors (Lipinski definition) is 7. The highest BCUT2D eigenvalue weighted by atomic mass is 32.1. The van der Waals surface area contributed by atoms with E-state index in [-0.39, 0.29) is 11.5 Å². The highest BCUT2D eigenvalue weighted by Gasteiger charge is 2.10. The van der Waals surface area contributed by atoms with Crippen LogP contribution < -0.4 is 11.1 Å². The van der Waals surface area contributed by atoms with Gasteiger partial charge < -0.3 is 5.73 Å². The summed E-state index contributed by atoms with van der Waals surface area (Å²) in [6, 6.07) is 0. The lowest BCUT2D eigenvalue weighted by Crippen LogP contribution is -2.14. The number of anilines is 2. The lowest BCUT2D eigenvalue weighted by Gasteiger charge is -1.99. The highest BCUT2D eigenvalue weighted by Crippen LogP contribution is 2.11. The van der Waals surface area contributed by atoms with Crippen molar-refractivity contribution >= 4 is 28.4 Å². The molecule has 0 bridgehead atoms. The van der Waals surface area contributed by atoms with E-state index >= 15 is 0 Å². The zero-order chi connectivity index (χ0) is 11.5. The van der Waals surface area contributed by atoms with Crippen LogP contribution in [0.3, 0.4) is 0 Å². The van der Waals surface area contributed by atoms with Crippen LogP contribution in [-0.2, 0) is 0 Å². The topological polar surface area (TPSA) is 107 Å². The smallest absolute Gasteiger partial charge is 0.277 e. The minimum absolute atomic E-state index is 0.146.